The standard InChI is InChI=1S/C18H15Cl2N3O5/c1-23-5-4-8-9(6-21-17(25)13-10(19)2-3-11(20)22-13)15-16(28-7-27-15)14(24)12(8)18(23)26/h2-3,24H,4-7H2,1H3,(H,21,25). The maximum absolute atomic E-state index is 12.6. The monoisotopic (exact) mass is 423 g/mol. The van der Waals surface area contributed by atoms with Crippen molar-refractivity contribution in [1.29, 1.82) is 0 Å². The van der Waals surface area contributed by atoms with E-state index >= 15 is 0 Å². The minimum Gasteiger partial charge on any atom is -0.504 e. The van der Waals surface area contributed by atoms with Gasteiger partial charge in [-0.3, -0.25) is 9.59 Å². The molecule has 0 spiro atoms. The Morgan fingerprint density at radius 1 is 1.32 bits per heavy atom. The van der Waals surface area contributed by atoms with Gasteiger partial charge < -0.3 is 24.8 Å². The molecule has 146 valence electrons. The number of rotatable bonds is 3. The number of aromatic hydroxyl groups is 1. The van der Waals surface area contributed by atoms with Crippen LogP contribution >= 0.6 is 23.2 Å². The van der Waals surface area contributed by atoms with Gasteiger partial charge in [-0.05, 0) is 24.1 Å². The average Bonchev–Trinajstić information content (AvgIpc) is 3.16. The van der Waals surface area contributed by atoms with Crippen LogP contribution in [0.2, 0.25) is 10.2 Å². The second-order valence-electron chi connectivity index (χ2n) is 6.37. The number of carbonyl (C=O) groups excluding carboxylic acids is 2. The number of likely N-dealkylation sites (N-methyl/N-ethyl adjacent to an activating group) is 1. The first kappa shape index (κ1) is 18.6. The number of hydrogen-bond acceptors (Lipinski definition) is 6. The first-order chi connectivity index (χ1) is 13.4. The third kappa shape index (κ3) is 2.98. The van der Waals surface area contributed by atoms with E-state index in [1.54, 1.807) is 7.05 Å². The van der Waals surface area contributed by atoms with Gasteiger partial charge in [0.2, 0.25) is 12.5 Å². The lowest BCUT2D eigenvalue weighted by Gasteiger charge is -2.28. The van der Waals surface area contributed by atoms with Gasteiger partial charge in [0.25, 0.3) is 11.8 Å². The first-order valence-corrected chi connectivity index (χ1v) is 9.16. The summed E-state index contributed by atoms with van der Waals surface area (Å²) >= 11 is 11.9. The predicted octanol–water partition coefficient (Wildman–Crippen LogP) is 2.38. The highest BCUT2D eigenvalue weighted by atomic mass is 35.5. The van der Waals surface area contributed by atoms with Crippen LogP contribution in [-0.4, -0.2) is 47.2 Å². The number of fused-ring (bicyclic) bond motifs is 2. The van der Waals surface area contributed by atoms with E-state index in [1.807, 2.05) is 0 Å². The van der Waals surface area contributed by atoms with Crippen LogP contribution in [0.1, 0.15) is 32.0 Å². The largest absolute Gasteiger partial charge is 0.504 e. The van der Waals surface area contributed by atoms with E-state index in [4.69, 9.17) is 32.7 Å². The third-order valence-corrected chi connectivity index (χ3v) is 5.23. The summed E-state index contributed by atoms with van der Waals surface area (Å²) in [5.41, 5.74) is 1.36. The molecule has 10 heteroatoms. The summed E-state index contributed by atoms with van der Waals surface area (Å²) in [5, 5.41) is 13.5. The van der Waals surface area contributed by atoms with Gasteiger partial charge in [-0.2, -0.15) is 0 Å². The van der Waals surface area contributed by atoms with Crippen molar-refractivity contribution in [2.45, 2.75) is 13.0 Å². The zero-order valence-electron chi connectivity index (χ0n) is 14.7. The fraction of sp³-hybridized carbons (Fsp3) is 0.278. The van der Waals surface area contributed by atoms with Crippen LogP contribution in [-0.2, 0) is 13.0 Å². The van der Waals surface area contributed by atoms with Crippen LogP contribution in [0.15, 0.2) is 12.1 Å². The van der Waals surface area contributed by atoms with Crippen molar-refractivity contribution in [2.75, 3.05) is 20.4 Å². The molecule has 2 aliphatic rings. The maximum atomic E-state index is 12.6. The SMILES string of the molecule is CN1CCc2c(CNC(=O)c3nc(Cl)ccc3Cl)c3c(c(O)c2C1=O)OCO3. The van der Waals surface area contributed by atoms with E-state index in [2.05, 4.69) is 10.3 Å². The van der Waals surface area contributed by atoms with Crippen molar-refractivity contribution in [3.05, 3.63) is 44.7 Å². The van der Waals surface area contributed by atoms with Crippen LogP contribution in [0.4, 0.5) is 0 Å². The Hall–Kier alpha value is -2.71. The molecule has 1 aromatic carbocycles. The second kappa shape index (κ2) is 7.03. The zero-order valence-corrected chi connectivity index (χ0v) is 16.2. The number of carbonyl (C=O) groups is 2. The van der Waals surface area contributed by atoms with E-state index in [0.717, 1.165) is 0 Å². The molecule has 1 aromatic heterocycles. The molecule has 2 N–H and O–H groups in total. The molecule has 2 amide bonds. The highest BCUT2D eigenvalue weighted by Gasteiger charge is 2.35. The number of ether oxygens (including phenoxy) is 2. The number of benzene rings is 1. The van der Waals surface area contributed by atoms with E-state index in [9.17, 15) is 14.7 Å². The summed E-state index contributed by atoms with van der Waals surface area (Å²) in [5.74, 6) is -0.663. The van der Waals surface area contributed by atoms with E-state index < -0.39 is 5.91 Å². The number of pyridine rings is 1. The molecule has 3 heterocycles. The molecular formula is C18H15Cl2N3O5. The summed E-state index contributed by atoms with van der Waals surface area (Å²) in [6, 6.07) is 2.97. The fourth-order valence-corrected chi connectivity index (χ4v) is 3.66. The van der Waals surface area contributed by atoms with Crippen molar-refractivity contribution < 1.29 is 24.2 Å². The molecule has 28 heavy (non-hydrogen) atoms. The van der Waals surface area contributed by atoms with Gasteiger partial charge >= 0.3 is 0 Å². The molecule has 0 aliphatic carbocycles. The zero-order chi connectivity index (χ0) is 20.0. The Morgan fingerprint density at radius 3 is 2.86 bits per heavy atom. The van der Waals surface area contributed by atoms with Crippen LogP contribution in [0, 0.1) is 0 Å². The number of amides is 2. The lowest BCUT2D eigenvalue weighted by Crippen LogP contribution is -2.35. The summed E-state index contributed by atoms with van der Waals surface area (Å²) in [6.45, 7) is 0.431. The minimum atomic E-state index is -0.527. The van der Waals surface area contributed by atoms with E-state index in [1.165, 1.54) is 17.0 Å². The number of nitrogens with one attached hydrogen (secondary N) is 1. The molecule has 0 bridgehead atoms. The van der Waals surface area contributed by atoms with Gasteiger partial charge in [0.1, 0.15) is 10.8 Å². The van der Waals surface area contributed by atoms with Crippen LogP contribution in [0.25, 0.3) is 0 Å². The Bertz CT molecular complexity index is 1010. The van der Waals surface area contributed by atoms with E-state index in [-0.39, 0.29) is 52.2 Å². The summed E-state index contributed by atoms with van der Waals surface area (Å²) in [7, 11) is 1.66. The van der Waals surface area contributed by atoms with Crippen molar-refractivity contribution >= 4 is 35.0 Å². The number of hydrogen-bond donors (Lipinski definition) is 2. The Balaban J connectivity index is 1.71. The molecule has 0 saturated carbocycles. The fourth-order valence-electron chi connectivity index (χ4n) is 3.32. The summed E-state index contributed by atoms with van der Waals surface area (Å²) in [6.07, 6.45) is 0.503. The van der Waals surface area contributed by atoms with Crippen molar-refractivity contribution in [3.8, 4) is 17.2 Å². The Morgan fingerprint density at radius 2 is 2.07 bits per heavy atom. The van der Waals surface area contributed by atoms with Crippen molar-refractivity contribution in [1.82, 2.24) is 15.2 Å². The maximum Gasteiger partial charge on any atom is 0.271 e. The van der Waals surface area contributed by atoms with Gasteiger partial charge in [0, 0.05) is 25.7 Å². The van der Waals surface area contributed by atoms with Crippen molar-refractivity contribution in [2.24, 2.45) is 0 Å². The smallest absolute Gasteiger partial charge is 0.271 e. The first-order valence-electron chi connectivity index (χ1n) is 8.40. The Labute approximate surface area is 170 Å². The lowest BCUT2D eigenvalue weighted by atomic mass is 9.91. The minimum absolute atomic E-state index is 0.00793. The third-order valence-electron chi connectivity index (χ3n) is 4.72. The number of phenolic OH excluding ortho intramolecular Hbond substituents is 1. The molecule has 0 unspecified atom stereocenters. The summed E-state index contributed by atoms with van der Waals surface area (Å²) in [4.78, 5) is 30.6. The predicted molar refractivity (Wildman–Crippen MR) is 100 cm³/mol. The van der Waals surface area contributed by atoms with Crippen LogP contribution in [0.5, 0.6) is 17.2 Å². The summed E-state index contributed by atoms with van der Waals surface area (Å²) < 4.78 is 10.8. The lowest BCUT2D eigenvalue weighted by molar-refractivity contribution is 0.0776. The molecule has 0 atom stereocenters. The topological polar surface area (TPSA) is 101 Å². The van der Waals surface area contributed by atoms with Gasteiger partial charge in [-0.1, -0.05) is 23.2 Å². The normalized spacial score (nSPS) is 14.8. The van der Waals surface area contributed by atoms with Gasteiger partial charge in [0.15, 0.2) is 11.5 Å². The number of aromatic nitrogens is 1. The van der Waals surface area contributed by atoms with Gasteiger partial charge in [-0.25, -0.2) is 4.98 Å². The van der Waals surface area contributed by atoms with Gasteiger partial charge in [0.05, 0.1) is 10.6 Å². The quantitative estimate of drug-likeness (QED) is 0.734. The molecule has 0 fully saturated rings. The van der Waals surface area contributed by atoms with Gasteiger partial charge in [-0.15, -0.1) is 0 Å². The molecule has 2 aliphatic heterocycles. The number of halogens is 2. The van der Waals surface area contributed by atoms with E-state index in [0.29, 0.717) is 29.8 Å². The molecular weight excluding hydrogens is 409 g/mol. The van der Waals surface area contributed by atoms with Crippen LogP contribution in [0.3, 0.4) is 0 Å². The molecule has 8 nitrogen and oxygen atoms in total. The number of phenols is 1. The number of nitrogens with zero attached hydrogens (tertiary/aromatic N) is 2. The molecule has 2 aromatic rings. The highest BCUT2D eigenvalue weighted by molar-refractivity contribution is 6.34. The molecule has 0 radical (unpaired) electrons. The highest BCUT2D eigenvalue weighted by Crippen LogP contribution is 2.48. The van der Waals surface area contributed by atoms with Crippen molar-refractivity contribution in [3.63, 3.8) is 0 Å². The Kier molecular flexibility index (Phi) is 4.68. The molecule has 0 saturated heterocycles. The average molecular weight is 424 g/mol. The van der Waals surface area contributed by atoms with Crippen LogP contribution < -0.4 is 14.8 Å². The molecule has 4 rings (SSSR count). The second-order valence-corrected chi connectivity index (χ2v) is 7.16.